The molecule has 8 N–H and O–H groups in total. The van der Waals surface area contributed by atoms with Crippen LogP contribution < -0.4 is 20.9 Å². The number of benzene rings is 1. The third-order valence-corrected chi connectivity index (χ3v) is 12.0. The number of nitrogen functional groups attached to an aromatic ring is 1. The molecule has 3 fully saturated rings. The molecule has 3 aliphatic rings. The summed E-state index contributed by atoms with van der Waals surface area (Å²) in [4.78, 5) is 87.1. The van der Waals surface area contributed by atoms with Gasteiger partial charge >= 0.3 is 18.0 Å². The number of phenolic OH excluding ortho intramolecular Hbond substituents is 2. The lowest BCUT2D eigenvalue weighted by molar-refractivity contribution is -0.680. The number of nitrogens with two attached hydrogens (primary N) is 1. The number of carbonyl (C=O) groups is 6. The summed E-state index contributed by atoms with van der Waals surface area (Å²) in [6.07, 6.45) is 6.68. The molecule has 3 aliphatic heterocycles. The summed E-state index contributed by atoms with van der Waals surface area (Å²) in [6, 6.07) is -0.0455. The summed E-state index contributed by atoms with van der Waals surface area (Å²) in [5.41, 5.74) is 3.39. The van der Waals surface area contributed by atoms with Gasteiger partial charge in [0.05, 0.1) is 35.9 Å². The second-order valence-corrected chi connectivity index (χ2v) is 16.4. The summed E-state index contributed by atoms with van der Waals surface area (Å²) in [7, 11) is 0. The molecule has 0 radical (unpaired) electrons. The van der Waals surface area contributed by atoms with Crippen LogP contribution in [0, 0.1) is 0 Å². The van der Waals surface area contributed by atoms with Crippen LogP contribution in [-0.2, 0) is 37.1 Å². The number of hydrazone groups is 1. The highest BCUT2D eigenvalue weighted by Crippen LogP contribution is 2.50. The predicted molar refractivity (Wildman–Crippen MR) is 205 cm³/mol. The molecular weight excluding hydrogens is 826 g/mol. The summed E-state index contributed by atoms with van der Waals surface area (Å²) in [5.74, 6) is -5.89. The average molecular weight is 863 g/mol. The van der Waals surface area contributed by atoms with Gasteiger partial charge in [-0.2, -0.15) is 5.10 Å². The number of carbonyl (C=O) groups excluding carboxylic acids is 4. The standard InChI is InChI=1S/C33H36ClN11O11S2/c1-16-12-44(31(55)45(16)37-7-9-42-11-10-41(15-42)8-6-36-24(48)17-4-5-19(46)23(47)20(17)34)33(29(53)54)14-43-26(50)22(27(43)58-33)39-25(49)21(18-13-57-30(35)38-18)40-56-32(2,3)28(51)52/h4-5,7,10-11,13,15-16,22,27H,6,8-9,12,14H2,1-3H3,(H7-,35,36,38,39,40,46,47,48,49,51,52,53,54)/p+1/b37-7+/t16-,22+,27+,33+/m0/s1. The summed E-state index contributed by atoms with van der Waals surface area (Å²) >= 11 is 7.76. The molecule has 0 spiro atoms. The topological polar surface area (TPSA) is 299 Å². The molecule has 4 atom stereocenters. The van der Waals surface area contributed by atoms with E-state index in [1.54, 1.807) is 34.8 Å². The molecule has 25 heteroatoms. The van der Waals surface area contributed by atoms with Crippen LogP contribution in [0.4, 0.5) is 9.93 Å². The highest BCUT2D eigenvalue weighted by molar-refractivity contribution is 8.02. The van der Waals surface area contributed by atoms with E-state index in [1.807, 2.05) is 0 Å². The average Bonchev–Trinajstić information content (AvgIpc) is 3.96. The first-order valence-electron chi connectivity index (χ1n) is 17.2. The number of carboxylic acids is 2. The maximum absolute atomic E-state index is 13.7. The van der Waals surface area contributed by atoms with E-state index in [0.717, 1.165) is 39.1 Å². The van der Waals surface area contributed by atoms with Gasteiger partial charge in [0, 0.05) is 11.9 Å². The fraction of sp³-hybridized carbons (Fsp3) is 0.394. The largest absolute Gasteiger partial charge is 0.504 e. The van der Waals surface area contributed by atoms with Crippen molar-refractivity contribution in [1.82, 2.24) is 35.0 Å². The minimum atomic E-state index is -1.92. The summed E-state index contributed by atoms with van der Waals surface area (Å²) in [5, 5.41) is 54.0. The molecule has 5 heterocycles. The number of nitrogens with zero attached hydrogens (tertiary/aromatic N) is 8. The van der Waals surface area contributed by atoms with E-state index < -0.39 is 80.8 Å². The first-order valence-corrected chi connectivity index (χ1v) is 19.4. The number of thioether (sulfide) groups is 1. The lowest BCUT2D eigenvalue weighted by Gasteiger charge is -2.41. The molecular formula is C33H37ClN11O11S2+. The van der Waals surface area contributed by atoms with Gasteiger partial charge in [0.25, 0.3) is 11.8 Å². The number of imidazole rings is 1. The van der Waals surface area contributed by atoms with Crippen LogP contribution in [-0.4, -0.2) is 140 Å². The number of halogens is 1. The Hall–Kier alpha value is -6.14. The predicted octanol–water partition coefficient (Wildman–Crippen LogP) is -0.114. The number of aliphatic carboxylic acids is 2. The number of β-lactam (4-membered cyclic amide) rings is 1. The second kappa shape index (κ2) is 16.0. The number of anilines is 1. The highest BCUT2D eigenvalue weighted by atomic mass is 35.5. The zero-order chi connectivity index (χ0) is 42.3. The SMILES string of the molecule is C[C@H]1CN([C@]2(C(=O)O)CN3C(=O)[C@@H](NC(=O)/C(=N\OC(C)(C)C(=O)O)c4csc(N)n4)[C@H]3S2)C(=O)N1/N=C/C[n+]1ccn(CCNC(=O)c2ccc(O)c(O)c2Cl)c1. The van der Waals surface area contributed by atoms with Crippen molar-refractivity contribution < 1.29 is 58.6 Å². The van der Waals surface area contributed by atoms with Gasteiger partial charge in [-0.1, -0.05) is 28.5 Å². The monoisotopic (exact) mass is 862 g/mol. The Morgan fingerprint density at radius 3 is 2.64 bits per heavy atom. The molecule has 1 aromatic carbocycles. The molecule has 2 aromatic heterocycles. The zero-order valence-electron chi connectivity index (χ0n) is 30.8. The minimum Gasteiger partial charge on any atom is -0.504 e. The van der Waals surface area contributed by atoms with E-state index in [1.165, 1.54) is 36.4 Å². The minimum absolute atomic E-state index is 0.00104. The number of hydrogen-bond acceptors (Lipinski definition) is 15. The van der Waals surface area contributed by atoms with E-state index in [0.29, 0.717) is 6.54 Å². The summed E-state index contributed by atoms with van der Waals surface area (Å²) in [6.45, 7) is 4.50. The molecule has 3 aromatic rings. The van der Waals surface area contributed by atoms with Crippen LogP contribution in [0.3, 0.4) is 0 Å². The van der Waals surface area contributed by atoms with Crippen molar-refractivity contribution in [2.45, 2.75) is 61.8 Å². The van der Waals surface area contributed by atoms with E-state index in [4.69, 9.17) is 22.2 Å². The quantitative estimate of drug-likeness (QED) is 0.0345. The number of amides is 5. The number of aromatic hydroxyl groups is 2. The van der Waals surface area contributed by atoms with E-state index in [-0.39, 0.29) is 47.6 Å². The molecule has 58 heavy (non-hydrogen) atoms. The van der Waals surface area contributed by atoms with Crippen molar-refractivity contribution >= 4 is 87.4 Å². The van der Waals surface area contributed by atoms with Crippen LogP contribution in [0.15, 0.2) is 46.5 Å². The number of rotatable bonds is 15. The summed E-state index contributed by atoms with van der Waals surface area (Å²) < 4.78 is 3.53. The van der Waals surface area contributed by atoms with Gasteiger partial charge in [-0.3, -0.25) is 19.3 Å². The van der Waals surface area contributed by atoms with Crippen molar-refractivity contribution in [3.63, 3.8) is 0 Å². The van der Waals surface area contributed by atoms with Crippen molar-refractivity contribution in [3.05, 3.63) is 52.5 Å². The zero-order valence-corrected chi connectivity index (χ0v) is 33.2. The van der Waals surface area contributed by atoms with Crippen LogP contribution >= 0.6 is 34.7 Å². The Balaban J connectivity index is 1.06. The molecule has 0 unspecified atom stereocenters. The second-order valence-electron chi connectivity index (χ2n) is 13.7. The first kappa shape index (κ1) is 41.5. The Morgan fingerprint density at radius 2 is 1.97 bits per heavy atom. The molecule has 3 saturated heterocycles. The maximum Gasteiger partial charge on any atom is 0.350 e. The van der Waals surface area contributed by atoms with Gasteiger partial charge in [0.2, 0.25) is 22.7 Å². The van der Waals surface area contributed by atoms with Gasteiger partial charge in [-0.05, 0) is 32.9 Å². The molecule has 308 valence electrons. The van der Waals surface area contributed by atoms with Gasteiger partial charge < -0.3 is 46.5 Å². The lowest BCUT2D eigenvalue weighted by atomic mass is 10.1. The Kier molecular flexibility index (Phi) is 11.5. The van der Waals surface area contributed by atoms with Crippen molar-refractivity contribution in [3.8, 4) is 11.5 Å². The third kappa shape index (κ3) is 7.89. The number of phenols is 2. The van der Waals surface area contributed by atoms with Crippen LogP contribution in [0.1, 0.15) is 36.8 Å². The number of carboxylic acid groups (broad SMARTS) is 2. The number of fused-ring (bicyclic) bond motifs is 1. The molecule has 5 amide bonds. The van der Waals surface area contributed by atoms with Gasteiger partial charge in [-0.15, -0.1) is 11.3 Å². The fourth-order valence-corrected chi connectivity index (χ4v) is 8.45. The van der Waals surface area contributed by atoms with Crippen molar-refractivity contribution in [2.24, 2.45) is 10.3 Å². The van der Waals surface area contributed by atoms with Gasteiger partial charge in [-0.25, -0.2) is 33.5 Å². The van der Waals surface area contributed by atoms with Gasteiger partial charge in [0.1, 0.15) is 42.6 Å². The van der Waals surface area contributed by atoms with Crippen LogP contribution in [0.2, 0.25) is 5.02 Å². The number of hydrogen-bond donors (Lipinski definition) is 7. The van der Waals surface area contributed by atoms with Gasteiger partial charge in [0.15, 0.2) is 22.3 Å². The maximum atomic E-state index is 13.7. The Bertz CT molecular complexity index is 2250. The number of thiazole rings is 1. The van der Waals surface area contributed by atoms with Crippen molar-refractivity contribution in [1.29, 1.82) is 0 Å². The van der Waals surface area contributed by atoms with E-state index >= 15 is 0 Å². The molecule has 0 saturated carbocycles. The Morgan fingerprint density at radius 1 is 1.22 bits per heavy atom. The van der Waals surface area contributed by atoms with E-state index in [9.17, 15) is 49.2 Å². The fourth-order valence-electron chi connectivity index (χ4n) is 6.03. The lowest BCUT2D eigenvalue weighted by Crippen LogP contribution is -2.68. The molecule has 0 aliphatic carbocycles. The first-order chi connectivity index (χ1) is 27.3. The smallest absolute Gasteiger partial charge is 0.350 e. The molecule has 22 nitrogen and oxygen atoms in total. The van der Waals surface area contributed by atoms with Crippen LogP contribution in [0.25, 0.3) is 0 Å². The third-order valence-electron chi connectivity index (χ3n) is 9.29. The van der Waals surface area contributed by atoms with Crippen LogP contribution in [0.5, 0.6) is 11.5 Å². The van der Waals surface area contributed by atoms with Crippen molar-refractivity contribution in [2.75, 3.05) is 25.4 Å². The molecule has 6 rings (SSSR count). The van der Waals surface area contributed by atoms with E-state index in [2.05, 4.69) is 25.9 Å². The highest BCUT2D eigenvalue weighted by Gasteiger charge is 2.67. The number of oxime groups is 1. The molecule has 0 bridgehead atoms. The number of aromatic nitrogens is 3. The number of nitrogens with one attached hydrogen (secondary N) is 2. The normalized spacial score (nSPS) is 22.0. The Labute approximate surface area is 341 Å². The number of urea groups is 1.